The van der Waals surface area contributed by atoms with Gasteiger partial charge in [-0.1, -0.05) is 0 Å². The zero-order valence-electron chi connectivity index (χ0n) is 13.7. The van der Waals surface area contributed by atoms with Crippen molar-refractivity contribution in [2.75, 3.05) is 18.0 Å². The van der Waals surface area contributed by atoms with Gasteiger partial charge in [0.2, 0.25) is 0 Å². The topological polar surface area (TPSA) is 41.0 Å². The first kappa shape index (κ1) is 14.8. The summed E-state index contributed by atoms with van der Waals surface area (Å²) >= 11 is 0. The molecular formula is C17H28N4. The molecule has 1 atom stereocenters. The highest BCUT2D eigenvalue weighted by Gasteiger charge is 2.28. The quantitative estimate of drug-likeness (QED) is 0.928. The minimum absolute atomic E-state index is 0.177. The molecule has 1 saturated heterocycles. The molecule has 1 aromatic rings. The third kappa shape index (κ3) is 3.37. The van der Waals surface area contributed by atoms with Gasteiger partial charge in [-0.2, -0.15) is 0 Å². The van der Waals surface area contributed by atoms with E-state index in [-0.39, 0.29) is 5.54 Å². The smallest absolute Gasteiger partial charge is 0.135 e. The number of nitrogens with zero attached hydrogens (tertiary/aromatic N) is 3. The maximum absolute atomic E-state index is 4.66. The van der Waals surface area contributed by atoms with E-state index in [0.29, 0.717) is 6.04 Å². The molecule has 4 nitrogen and oxygen atoms in total. The molecule has 4 heteroatoms. The SMILES string of the molecule is CC(C)(C)NCC1CCCCN1c1ncnc2c1CCC2. The van der Waals surface area contributed by atoms with Crippen molar-refractivity contribution in [3.63, 3.8) is 0 Å². The predicted octanol–water partition coefficient (Wildman–Crippen LogP) is 2.71. The second-order valence-corrected chi connectivity index (χ2v) is 7.45. The maximum Gasteiger partial charge on any atom is 0.135 e. The second kappa shape index (κ2) is 5.91. The molecule has 0 bridgehead atoms. The van der Waals surface area contributed by atoms with Crippen molar-refractivity contribution in [1.82, 2.24) is 15.3 Å². The zero-order chi connectivity index (χ0) is 14.9. The van der Waals surface area contributed by atoms with Crippen molar-refractivity contribution in [2.24, 2.45) is 0 Å². The first-order valence-corrected chi connectivity index (χ1v) is 8.39. The van der Waals surface area contributed by atoms with E-state index in [4.69, 9.17) is 0 Å². The fourth-order valence-electron chi connectivity index (χ4n) is 3.51. The van der Waals surface area contributed by atoms with Crippen LogP contribution in [0.3, 0.4) is 0 Å². The maximum atomic E-state index is 4.66. The highest BCUT2D eigenvalue weighted by Crippen LogP contribution is 2.31. The van der Waals surface area contributed by atoms with Crippen LogP contribution in [-0.2, 0) is 12.8 Å². The van der Waals surface area contributed by atoms with Crippen LogP contribution in [-0.4, -0.2) is 34.6 Å². The van der Waals surface area contributed by atoms with Crippen LogP contribution in [0.5, 0.6) is 0 Å². The summed E-state index contributed by atoms with van der Waals surface area (Å²) in [7, 11) is 0. The highest BCUT2D eigenvalue weighted by molar-refractivity contribution is 5.51. The van der Waals surface area contributed by atoms with Gasteiger partial charge in [0.1, 0.15) is 12.1 Å². The number of fused-ring (bicyclic) bond motifs is 1. The van der Waals surface area contributed by atoms with Crippen LogP contribution >= 0.6 is 0 Å². The van der Waals surface area contributed by atoms with Crippen molar-refractivity contribution in [3.8, 4) is 0 Å². The van der Waals surface area contributed by atoms with Crippen LogP contribution in [0, 0.1) is 0 Å². The minimum Gasteiger partial charge on any atom is -0.352 e. The van der Waals surface area contributed by atoms with E-state index in [1.807, 2.05) is 0 Å². The van der Waals surface area contributed by atoms with E-state index in [2.05, 4.69) is 41.0 Å². The molecule has 0 saturated carbocycles. The first-order chi connectivity index (χ1) is 10.0. The van der Waals surface area contributed by atoms with Crippen LogP contribution in [0.15, 0.2) is 6.33 Å². The third-order valence-electron chi connectivity index (χ3n) is 4.62. The van der Waals surface area contributed by atoms with Gasteiger partial charge >= 0.3 is 0 Å². The Hall–Kier alpha value is -1.16. The van der Waals surface area contributed by atoms with E-state index < -0.39 is 0 Å². The van der Waals surface area contributed by atoms with Crippen molar-refractivity contribution in [1.29, 1.82) is 0 Å². The number of rotatable bonds is 3. The lowest BCUT2D eigenvalue weighted by Gasteiger charge is -2.39. The van der Waals surface area contributed by atoms with Crippen molar-refractivity contribution >= 4 is 5.82 Å². The minimum atomic E-state index is 0.177. The molecule has 116 valence electrons. The Morgan fingerprint density at radius 1 is 1.19 bits per heavy atom. The molecule has 2 heterocycles. The van der Waals surface area contributed by atoms with E-state index in [0.717, 1.165) is 25.9 Å². The first-order valence-electron chi connectivity index (χ1n) is 8.39. The van der Waals surface area contributed by atoms with Crippen LogP contribution in [0.1, 0.15) is 57.7 Å². The number of hydrogen-bond acceptors (Lipinski definition) is 4. The number of piperidine rings is 1. The lowest BCUT2D eigenvalue weighted by atomic mass is 9.99. The summed E-state index contributed by atoms with van der Waals surface area (Å²) in [6.07, 6.45) is 9.17. The summed E-state index contributed by atoms with van der Waals surface area (Å²) in [5.41, 5.74) is 2.88. The van der Waals surface area contributed by atoms with Crippen LogP contribution in [0.25, 0.3) is 0 Å². The fraction of sp³-hybridized carbons (Fsp3) is 0.765. The summed E-state index contributed by atoms with van der Waals surface area (Å²) in [4.78, 5) is 11.7. The molecule has 1 aliphatic carbocycles. The lowest BCUT2D eigenvalue weighted by molar-refractivity contribution is 0.365. The molecule has 2 aliphatic rings. The molecule has 1 aromatic heterocycles. The molecule has 0 spiro atoms. The molecule has 1 unspecified atom stereocenters. The Kier molecular flexibility index (Phi) is 4.16. The van der Waals surface area contributed by atoms with E-state index in [1.165, 1.54) is 42.8 Å². The summed E-state index contributed by atoms with van der Waals surface area (Å²) < 4.78 is 0. The van der Waals surface area contributed by atoms with Gasteiger partial charge in [0.15, 0.2) is 0 Å². The summed E-state index contributed by atoms with van der Waals surface area (Å²) in [5, 5.41) is 3.67. The highest BCUT2D eigenvalue weighted by atomic mass is 15.2. The molecule has 0 amide bonds. The molecule has 0 aromatic carbocycles. The second-order valence-electron chi connectivity index (χ2n) is 7.45. The van der Waals surface area contributed by atoms with Gasteiger partial charge in [-0.15, -0.1) is 0 Å². The van der Waals surface area contributed by atoms with Gasteiger partial charge in [0, 0.05) is 35.9 Å². The number of aryl methyl sites for hydroxylation is 1. The van der Waals surface area contributed by atoms with Crippen LogP contribution in [0.2, 0.25) is 0 Å². The van der Waals surface area contributed by atoms with Gasteiger partial charge in [-0.25, -0.2) is 9.97 Å². The Morgan fingerprint density at radius 3 is 2.86 bits per heavy atom. The Balaban J connectivity index is 1.80. The van der Waals surface area contributed by atoms with E-state index >= 15 is 0 Å². The van der Waals surface area contributed by atoms with E-state index in [9.17, 15) is 0 Å². The molecule has 3 rings (SSSR count). The third-order valence-corrected chi connectivity index (χ3v) is 4.62. The van der Waals surface area contributed by atoms with Gasteiger partial charge in [-0.3, -0.25) is 0 Å². The number of nitrogens with one attached hydrogen (secondary N) is 1. The van der Waals surface area contributed by atoms with E-state index in [1.54, 1.807) is 6.33 Å². The number of anilines is 1. The fourth-order valence-corrected chi connectivity index (χ4v) is 3.51. The molecular weight excluding hydrogens is 260 g/mol. The van der Waals surface area contributed by atoms with Gasteiger partial charge in [0.05, 0.1) is 0 Å². The Morgan fingerprint density at radius 2 is 2.05 bits per heavy atom. The van der Waals surface area contributed by atoms with Gasteiger partial charge in [0.25, 0.3) is 0 Å². The van der Waals surface area contributed by atoms with Crippen LogP contribution in [0.4, 0.5) is 5.82 Å². The number of aromatic nitrogens is 2. The monoisotopic (exact) mass is 288 g/mol. The molecule has 0 radical (unpaired) electrons. The summed E-state index contributed by atoms with van der Waals surface area (Å²) in [6, 6.07) is 0.567. The van der Waals surface area contributed by atoms with Gasteiger partial charge in [-0.05, 0) is 59.3 Å². The Labute approximate surface area is 128 Å². The van der Waals surface area contributed by atoms with Crippen molar-refractivity contribution in [2.45, 2.75) is 70.9 Å². The van der Waals surface area contributed by atoms with Gasteiger partial charge < -0.3 is 10.2 Å². The summed E-state index contributed by atoms with van der Waals surface area (Å²) in [6.45, 7) is 8.90. The molecule has 1 N–H and O–H groups in total. The largest absolute Gasteiger partial charge is 0.352 e. The average Bonchev–Trinajstić information content (AvgIpc) is 2.93. The van der Waals surface area contributed by atoms with Crippen molar-refractivity contribution in [3.05, 3.63) is 17.6 Å². The zero-order valence-corrected chi connectivity index (χ0v) is 13.7. The van der Waals surface area contributed by atoms with Crippen molar-refractivity contribution < 1.29 is 0 Å². The molecule has 21 heavy (non-hydrogen) atoms. The summed E-state index contributed by atoms with van der Waals surface area (Å²) in [5.74, 6) is 1.22. The number of hydrogen-bond donors (Lipinski definition) is 1. The standard InChI is InChI=1S/C17H28N4/c1-17(2,3)20-11-13-7-4-5-10-21(13)16-14-8-6-9-15(14)18-12-19-16/h12-13,20H,4-11H2,1-3H3. The average molecular weight is 288 g/mol. The molecule has 1 fully saturated rings. The molecule has 1 aliphatic heterocycles. The predicted molar refractivity (Wildman–Crippen MR) is 86.8 cm³/mol. The Bertz CT molecular complexity index is 492. The lowest BCUT2D eigenvalue weighted by Crippen LogP contribution is -2.50. The normalized spacial score (nSPS) is 22.4. The van der Waals surface area contributed by atoms with Crippen LogP contribution < -0.4 is 10.2 Å².